The summed E-state index contributed by atoms with van der Waals surface area (Å²) in [7, 11) is 1.83. The maximum Gasteiger partial charge on any atom is 0.149 e. The Hall–Kier alpha value is -1.75. The fourth-order valence-electron chi connectivity index (χ4n) is 1.60. The van der Waals surface area contributed by atoms with Gasteiger partial charge in [0.1, 0.15) is 24.2 Å². The lowest BCUT2D eigenvalue weighted by Gasteiger charge is -2.15. The molecule has 0 bridgehead atoms. The molecular weight excluding hydrogens is 207 g/mol. The number of hydrogen-bond donors (Lipinski definition) is 1. The van der Waals surface area contributed by atoms with Crippen LogP contribution in [0.4, 0.5) is 4.39 Å². The summed E-state index contributed by atoms with van der Waals surface area (Å²) in [5.74, 6) is -0.301. The Kier molecular flexibility index (Phi) is 2.96. The minimum atomic E-state index is -0.301. The van der Waals surface area contributed by atoms with E-state index >= 15 is 0 Å². The fraction of sp³-hybridized carbons (Fsp3) is 0.273. The first-order valence-corrected chi connectivity index (χ1v) is 5.04. The van der Waals surface area contributed by atoms with E-state index in [1.807, 2.05) is 20.0 Å². The van der Waals surface area contributed by atoms with E-state index in [0.717, 1.165) is 5.56 Å². The molecule has 0 aliphatic rings. The molecule has 0 spiro atoms. The summed E-state index contributed by atoms with van der Waals surface area (Å²) in [6, 6.07) is 5.04. The number of hydrogen-bond acceptors (Lipinski definition) is 3. The number of nitrogens with zero attached hydrogens (tertiary/aromatic N) is 3. The molecule has 1 aromatic carbocycles. The normalized spacial score (nSPS) is 12.7. The van der Waals surface area contributed by atoms with Crippen molar-refractivity contribution in [1.29, 1.82) is 0 Å². The quantitative estimate of drug-likeness (QED) is 0.855. The van der Waals surface area contributed by atoms with Gasteiger partial charge in [0.25, 0.3) is 0 Å². The Morgan fingerprint density at radius 1 is 1.44 bits per heavy atom. The van der Waals surface area contributed by atoms with E-state index < -0.39 is 0 Å². The van der Waals surface area contributed by atoms with Crippen molar-refractivity contribution in [3.8, 4) is 5.69 Å². The number of aromatic nitrogens is 3. The highest BCUT2D eigenvalue weighted by atomic mass is 19.1. The molecule has 0 aliphatic heterocycles. The Balaban J connectivity index is 2.58. The summed E-state index contributed by atoms with van der Waals surface area (Å²) in [6.07, 6.45) is 2.88. The van der Waals surface area contributed by atoms with Gasteiger partial charge in [0.05, 0.1) is 0 Å². The van der Waals surface area contributed by atoms with Gasteiger partial charge in [-0.05, 0) is 25.6 Å². The predicted octanol–water partition coefficient (Wildman–Crippen LogP) is 1.69. The molecule has 1 unspecified atom stereocenters. The molecule has 1 atom stereocenters. The Bertz CT molecular complexity index is 467. The zero-order valence-corrected chi connectivity index (χ0v) is 9.18. The summed E-state index contributed by atoms with van der Waals surface area (Å²) < 4.78 is 15.2. The lowest BCUT2D eigenvalue weighted by atomic mass is 10.1. The molecule has 0 saturated heterocycles. The van der Waals surface area contributed by atoms with E-state index in [-0.39, 0.29) is 11.9 Å². The van der Waals surface area contributed by atoms with Gasteiger partial charge < -0.3 is 5.32 Å². The minimum absolute atomic E-state index is 0.0508. The summed E-state index contributed by atoms with van der Waals surface area (Å²) in [5.41, 5.74) is 1.30. The lowest BCUT2D eigenvalue weighted by Crippen LogP contribution is -2.16. The molecule has 5 heteroatoms. The van der Waals surface area contributed by atoms with Crippen LogP contribution < -0.4 is 5.32 Å². The van der Waals surface area contributed by atoms with Gasteiger partial charge in [-0.15, -0.1) is 0 Å². The molecule has 4 nitrogen and oxygen atoms in total. The van der Waals surface area contributed by atoms with Crippen molar-refractivity contribution in [3.63, 3.8) is 0 Å². The van der Waals surface area contributed by atoms with Crippen molar-refractivity contribution >= 4 is 0 Å². The molecule has 16 heavy (non-hydrogen) atoms. The average molecular weight is 220 g/mol. The zero-order chi connectivity index (χ0) is 11.5. The molecule has 0 saturated carbocycles. The average Bonchev–Trinajstić information content (AvgIpc) is 2.81. The van der Waals surface area contributed by atoms with Crippen LogP contribution in [0.1, 0.15) is 18.5 Å². The van der Waals surface area contributed by atoms with Gasteiger partial charge in [0, 0.05) is 6.04 Å². The standard InChI is InChI=1S/C11H13FN4/c1-8(13-2)9-4-3-5-10(12)11(9)16-7-14-6-15-16/h3-8,13H,1-2H3. The van der Waals surface area contributed by atoms with Crippen molar-refractivity contribution in [2.24, 2.45) is 0 Å². The van der Waals surface area contributed by atoms with E-state index in [1.54, 1.807) is 6.07 Å². The van der Waals surface area contributed by atoms with Gasteiger partial charge in [-0.1, -0.05) is 12.1 Å². The highest BCUT2D eigenvalue weighted by molar-refractivity contribution is 5.43. The van der Waals surface area contributed by atoms with E-state index in [1.165, 1.54) is 23.4 Å². The Morgan fingerprint density at radius 3 is 2.88 bits per heavy atom. The van der Waals surface area contributed by atoms with Gasteiger partial charge in [-0.25, -0.2) is 14.1 Å². The van der Waals surface area contributed by atoms with Gasteiger partial charge in [0.2, 0.25) is 0 Å². The molecule has 1 aromatic heterocycles. The SMILES string of the molecule is CNC(C)c1cccc(F)c1-n1cncn1. The minimum Gasteiger partial charge on any atom is -0.313 e. The van der Waals surface area contributed by atoms with Crippen LogP contribution in [0.2, 0.25) is 0 Å². The van der Waals surface area contributed by atoms with Gasteiger partial charge in [0.15, 0.2) is 0 Å². The lowest BCUT2D eigenvalue weighted by molar-refractivity contribution is 0.588. The molecule has 0 fully saturated rings. The van der Waals surface area contributed by atoms with Crippen LogP contribution in [0.25, 0.3) is 5.69 Å². The first kappa shape index (κ1) is 10.8. The van der Waals surface area contributed by atoms with Crippen LogP contribution in [-0.4, -0.2) is 21.8 Å². The van der Waals surface area contributed by atoms with E-state index in [9.17, 15) is 4.39 Å². The van der Waals surface area contributed by atoms with Crippen LogP contribution in [0.5, 0.6) is 0 Å². The highest BCUT2D eigenvalue weighted by Gasteiger charge is 2.14. The zero-order valence-electron chi connectivity index (χ0n) is 9.18. The Labute approximate surface area is 93.1 Å². The third kappa shape index (κ3) is 1.81. The van der Waals surface area contributed by atoms with Gasteiger partial charge in [-0.3, -0.25) is 0 Å². The van der Waals surface area contributed by atoms with Gasteiger partial charge in [-0.2, -0.15) is 5.10 Å². The van der Waals surface area contributed by atoms with Crippen LogP contribution >= 0.6 is 0 Å². The van der Waals surface area contributed by atoms with Crippen molar-refractivity contribution in [3.05, 3.63) is 42.2 Å². The molecule has 2 aromatic rings. The summed E-state index contributed by atoms with van der Waals surface area (Å²) in [4.78, 5) is 3.83. The van der Waals surface area contributed by atoms with Crippen molar-refractivity contribution in [1.82, 2.24) is 20.1 Å². The molecule has 0 radical (unpaired) electrons. The van der Waals surface area contributed by atoms with E-state index in [2.05, 4.69) is 15.4 Å². The summed E-state index contributed by atoms with van der Waals surface area (Å²) in [5, 5.41) is 7.05. The van der Waals surface area contributed by atoms with Crippen LogP contribution in [0, 0.1) is 5.82 Å². The highest BCUT2D eigenvalue weighted by Crippen LogP contribution is 2.23. The molecular formula is C11H13FN4. The number of benzene rings is 1. The maximum absolute atomic E-state index is 13.8. The van der Waals surface area contributed by atoms with Crippen molar-refractivity contribution < 1.29 is 4.39 Å². The second-order valence-electron chi connectivity index (χ2n) is 3.53. The summed E-state index contributed by atoms with van der Waals surface area (Å²) >= 11 is 0. The molecule has 2 rings (SSSR count). The first-order valence-electron chi connectivity index (χ1n) is 5.04. The predicted molar refractivity (Wildman–Crippen MR) is 58.8 cm³/mol. The maximum atomic E-state index is 13.8. The topological polar surface area (TPSA) is 42.7 Å². The second-order valence-corrected chi connectivity index (χ2v) is 3.53. The first-order chi connectivity index (χ1) is 7.74. The second kappa shape index (κ2) is 4.40. The number of halogens is 1. The molecule has 0 amide bonds. The monoisotopic (exact) mass is 220 g/mol. The smallest absolute Gasteiger partial charge is 0.149 e. The van der Waals surface area contributed by atoms with Crippen molar-refractivity contribution in [2.75, 3.05) is 7.05 Å². The summed E-state index contributed by atoms with van der Waals surface area (Å²) in [6.45, 7) is 1.97. The molecule has 0 aliphatic carbocycles. The molecule has 1 heterocycles. The Morgan fingerprint density at radius 2 is 2.25 bits per heavy atom. The van der Waals surface area contributed by atoms with Crippen LogP contribution in [0.3, 0.4) is 0 Å². The third-order valence-corrected chi connectivity index (χ3v) is 2.57. The van der Waals surface area contributed by atoms with Crippen LogP contribution in [0.15, 0.2) is 30.9 Å². The van der Waals surface area contributed by atoms with E-state index in [4.69, 9.17) is 0 Å². The van der Waals surface area contributed by atoms with Gasteiger partial charge >= 0.3 is 0 Å². The fourth-order valence-corrected chi connectivity index (χ4v) is 1.60. The van der Waals surface area contributed by atoms with E-state index in [0.29, 0.717) is 5.69 Å². The number of nitrogens with one attached hydrogen (secondary N) is 1. The molecule has 84 valence electrons. The third-order valence-electron chi connectivity index (χ3n) is 2.57. The van der Waals surface area contributed by atoms with Crippen LogP contribution in [-0.2, 0) is 0 Å². The molecule has 1 N–H and O–H groups in total. The number of para-hydroxylation sites is 1. The number of rotatable bonds is 3. The largest absolute Gasteiger partial charge is 0.313 e. The van der Waals surface area contributed by atoms with Crippen molar-refractivity contribution in [2.45, 2.75) is 13.0 Å².